The summed E-state index contributed by atoms with van der Waals surface area (Å²) in [4.78, 5) is 14.6. The quantitative estimate of drug-likeness (QED) is 0.828. The van der Waals surface area contributed by atoms with E-state index in [-0.39, 0.29) is 11.9 Å². The SMILES string of the molecule is Cc1sc(C(=O)N[C@H](CN)CC2CCCCC2)cc1-c1ccnn1C. The number of carbonyl (C=O) groups is 1. The minimum absolute atomic E-state index is 0.00669. The van der Waals surface area contributed by atoms with E-state index in [0.29, 0.717) is 12.5 Å². The van der Waals surface area contributed by atoms with Gasteiger partial charge in [-0.2, -0.15) is 5.10 Å². The summed E-state index contributed by atoms with van der Waals surface area (Å²) in [7, 11) is 1.92. The molecule has 1 atom stereocenters. The molecule has 136 valence electrons. The molecule has 0 spiro atoms. The molecule has 3 rings (SSSR count). The van der Waals surface area contributed by atoms with Gasteiger partial charge in [-0.3, -0.25) is 9.48 Å². The van der Waals surface area contributed by atoms with E-state index in [1.807, 2.05) is 30.8 Å². The van der Waals surface area contributed by atoms with Gasteiger partial charge in [-0.15, -0.1) is 11.3 Å². The predicted molar refractivity (Wildman–Crippen MR) is 103 cm³/mol. The number of hydrogen-bond donors (Lipinski definition) is 2. The standard InChI is InChI=1S/C19H28N4OS/c1-13-16(17-8-9-21-23(17)2)11-18(25-13)19(24)22-15(12-20)10-14-6-4-3-5-7-14/h8-9,11,14-15H,3-7,10,12,20H2,1-2H3,(H,22,24)/t15-/m0/s1. The van der Waals surface area contributed by atoms with Crippen molar-refractivity contribution in [3.8, 4) is 11.3 Å². The number of nitrogens with one attached hydrogen (secondary N) is 1. The molecule has 2 aromatic heterocycles. The molecule has 1 saturated carbocycles. The van der Waals surface area contributed by atoms with E-state index in [9.17, 15) is 4.79 Å². The molecule has 25 heavy (non-hydrogen) atoms. The van der Waals surface area contributed by atoms with Crippen molar-refractivity contribution in [2.45, 2.75) is 51.5 Å². The lowest BCUT2D eigenvalue weighted by atomic mass is 9.85. The number of nitrogens with zero attached hydrogens (tertiary/aromatic N) is 2. The maximum Gasteiger partial charge on any atom is 0.261 e. The van der Waals surface area contributed by atoms with Crippen LogP contribution in [-0.4, -0.2) is 28.3 Å². The zero-order chi connectivity index (χ0) is 17.8. The smallest absolute Gasteiger partial charge is 0.261 e. The van der Waals surface area contributed by atoms with E-state index < -0.39 is 0 Å². The second-order valence-corrected chi connectivity index (χ2v) is 8.32. The molecule has 1 amide bonds. The highest BCUT2D eigenvalue weighted by molar-refractivity contribution is 7.14. The lowest BCUT2D eigenvalue weighted by Crippen LogP contribution is -2.41. The van der Waals surface area contributed by atoms with E-state index in [0.717, 1.165) is 27.4 Å². The van der Waals surface area contributed by atoms with Crippen LogP contribution in [0.2, 0.25) is 0 Å². The van der Waals surface area contributed by atoms with Crippen molar-refractivity contribution in [1.29, 1.82) is 0 Å². The van der Waals surface area contributed by atoms with Crippen molar-refractivity contribution in [2.75, 3.05) is 6.54 Å². The van der Waals surface area contributed by atoms with Crippen molar-refractivity contribution in [3.05, 3.63) is 28.1 Å². The largest absolute Gasteiger partial charge is 0.347 e. The van der Waals surface area contributed by atoms with Crippen molar-refractivity contribution in [3.63, 3.8) is 0 Å². The Morgan fingerprint density at radius 2 is 2.20 bits per heavy atom. The normalized spacial score (nSPS) is 16.8. The zero-order valence-corrected chi connectivity index (χ0v) is 15.9. The molecular formula is C19H28N4OS. The first-order valence-electron chi connectivity index (χ1n) is 9.18. The summed E-state index contributed by atoms with van der Waals surface area (Å²) >= 11 is 1.53. The maximum atomic E-state index is 12.7. The van der Waals surface area contributed by atoms with Crippen LogP contribution in [0.15, 0.2) is 18.3 Å². The van der Waals surface area contributed by atoms with Crippen molar-refractivity contribution >= 4 is 17.2 Å². The molecule has 3 N–H and O–H groups in total. The molecule has 1 fully saturated rings. The third-order valence-electron chi connectivity index (χ3n) is 5.20. The number of rotatable bonds is 6. The van der Waals surface area contributed by atoms with Crippen molar-refractivity contribution in [2.24, 2.45) is 18.7 Å². The Morgan fingerprint density at radius 3 is 2.84 bits per heavy atom. The number of nitrogens with two attached hydrogens (primary N) is 1. The topological polar surface area (TPSA) is 72.9 Å². The highest BCUT2D eigenvalue weighted by Gasteiger charge is 2.21. The van der Waals surface area contributed by atoms with Gasteiger partial charge in [0.1, 0.15) is 0 Å². The van der Waals surface area contributed by atoms with Crippen LogP contribution >= 0.6 is 11.3 Å². The molecule has 5 nitrogen and oxygen atoms in total. The molecule has 0 radical (unpaired) electrons. The Hall–Kier alpha value is -1.66. The molecule has 1 aliphatic carbocycles. The monoisotopic (exact) mass is 360 g/mol. The van der Waals surface area contributed by atoms with Gasteiger partial charge >= 0.3 is 0 Å². The first kappa shape index (κ1) is 18.1. The van der Waals surface area contributed by atoms with Gasteiger partial charge in [0.05, 0.1) is 10.6 Å². The fourth-order valence-corrected chi connectivity index (χ4v) is 4.71. The van der Waals surface area contributed by atoms with Crippen molar-refractivity contribution < 1.29 is 4.79 Å². The van der Waals surface area contributed by atoms with E-state index >= 15 is 0 Å². The Morgan fingerprint density at radius 1 is 1.44 bits per heavy atom. The third kappa shape index (κ3) is 4.30. The van der Waals surface area contributed by atoms with E-state index in [4.69, 9.17) is 5.73 Å². The zero-order valence-electron chi connectivity index (χ0n) is 15.1. The summed E-state index contributed by atoms with van der Waals surface area (Å²) in [6.45, 7) is 2.55. The summed E-state index contributed by atoms with van der Waals surface area (Å²) in [6.07, 6.45) is 9.30. The van der Waals surface area contributed by atoms with Gasteiger partial charge in [0, 0.05) is 36.3 Å². The number of thiophene rings is 1. The van der Waals surface area contributed by atoms with Gasteiger partial charge in [-0.1, -0.05) is 32.1 Å². The van der Waals surface area contributed by atoms with Gasteiger partial charge in [-0.25, -0.2) is 0 Å². The molecular weight excluding hydrogens is 332 g/mol. The Bertz CT molecular complexity index is 715. The molecule has 0 saturated heterocycles. The summed E-state index contributed by atoms with van der Waals surface area (Å²) in [5, 5.41) is 7.37. The van der Waals surface area contributed by atoms with E-state index in [1.54, 1.807) is 6.20 Å². The van der Waals surface area contributed by atoms with Crippen LogP contribution in [0.4, 0.5) is 0 Å². The highest BCUT2D eigenvalue weighted by atomic mass is 32.1. The van der Waals surface area contributed by atoms with Gasteiger partial charge in [0.25, 0.3) is 5.91 Å². The van der Waals surface area contributed by atoms with Gasteiger partial charge in [-0.05, 0) is 31.4 Å². The maximum absolute atomic E-state index is 12.7. The molecule has 0 bridgehead atoms. The van der Waals surface area contributed by atoms with Crippen molar-refractivity contribution in [1.82, 2.24) is 15.1 Å². The second kappa shape index (κ2) is 8.15. The first-order chi connectivity index (χ1) is 12.1. The average molecular weight is 361 g/mol. The summed E-state index contributed by atoms with van der Waals surface area (Å²) in [5.74, 6) is 0.699. The van der Waals surface area contributed by atoms with Crippen LogP contribution in [0.3, 0.4) is 0 Å². The minimum Gasteiger partial charge on any atom is -0.347 e. The molecule has 0 unspecified atom stereocenters. The predicted octanol–water partition coefficient (Wildman–Crippen LogP) is 3.48. The lowest BCUT2D eigenvalue weighted by molar-refractivity contribution is 0.0934. The Kier molecular flexibility index (Phi) is 5.91. The second-order valence-electron chi connectivity index (χ2n) is 7.07. The number of aryl methyl sites for hydroxylation is 2. The van der Waals surface area contributed by atoms with Gasteiger partial charge < -0.3 is 11.1 Å². The van der Waals surface area contributed by atoms with Gasteiger partial charge in [0.15, 0.2) is 0 Å². The van der Waals surface area contributed by atoms with Crippen LogP contribution in [0.1, 0.15) is 53.1 Å². The highest BCUT2D eigenvalue weighted by Crippen LogP contribution is 2.31. The molecule has 0 aromatic carbocycles. The lowest BCUT2D eigenvalue weighted by Gasteiger charge is -2.26. The Balaban J connectivity index is 1.67. The third-order valence-corrected chi connectivity index (χ3v) is 6.25. The number of aromatic nitrogens is 2. The first-order valence-corrected chi connectivity index (χ1v) is 10.00. The van der Waals surface area contributed by atoms with E-state index in [2.05, 4.69) is 10.4 Å². The molecule has 1 aliphatic rings. The summed E-state index contributed by atoms with van der Waals surface area (Å²) in [5.41, 5.74) is 8.03. The Labute approximate surface area is 153 Å². The molecule has 2 aromatic rings. The summed E-state index contributed by atoms with van der Waals surface area (Å²) in [6, 6.07) is 4.02. The average Bonchev–Trinajstić information content (AvgIpc) is 3.20. The van der Waals surface area contributed by atoms with Crippen LogP contribution in [-0.2, 0) is 7.05 Å². The van der Waals surface area contributed by atoms with Crippen LogP contribution < -0.4 is 11.1 Å². The molecule has 2 heterocycles. The fraction of sp³-hybridized carbons (Fsp3) is 0.579. The molecule has 0 aliphatic heterocycles. The summed E-state index contributed by atoms with van der Waals surface area (Å²) < 4.78 is 1.84. The van der Waals surface area contributed by atoms with Crippen LogP contribution in [0.5, 0.6) is 0 Å². The van der Waals surface area contributed by atoms with Crippen LogP contribution in [0.25, 0.3) is 11.3 Å². The van der Waals surface area contributed by atoms with Crippen LogP contribution in [0, 0.1) is 12.8 Å². The van der Waals surface area contributed by atoms with Gasteiger partial charge in [0.2, 0.25) is 0 Å². The van der Waals surface area contributed by atoms with E-state index in [1.165, 1.54) is 43.4 Å². The number of carbonyl (C=O) groups excluding carboxylic acids is 1. The molecule has 6 heteroatoms. The number of hydrogen-bond acceptors (Lipinski definition) is 4. The minimum atomic E-state index is -0.00669. The fourth-order valence-electron chi connectivity index (χ4n) is 3.78. The number of amides is 1.